The lowest BCUT2D eigenvalue weighted by atomic mass is 10.1. The Kier molecular flexibility index (Phi) is 6.10. The second-order valence-electron chi connectivity index (χ2n) is 4.12. The number of carbonyl (C=O) groups is 3. The number of hydrogen-bond acceptors (Lipinski definition) is 3. The number of primary amides is 1. The molecule has 1 aromatic carbocycles. The van der Waals surface area contributed by atoms with E-state index in [-0.39, 0.29) is 23.0 Å². The van der Waals surface area contributed by atoms with Gasteiger partial charge in [0.2, 0.25) is 5.91 Å². The number of carboxylic acids is 1. The van der Waals surface area contributed by atoms with Crippen LogP contribution in [0.25, 0.3) is 0 Å². The Balaban J connectivity index is 2.62. The van der Waals surface area contributed by atoms with Crippen LogP contribution in [0.2, 0.25) is 0 Å². The molecule has 0 saturated carbocycles. The summed E-state index contributed by atoms with van der Waals surface area (Å²) >= 11 is 2.96. The number of anilines is 1. The lowest BCUT2D eigenvalue weighted by molar-refractivity contribution is -0.139. The van der Waals surface area contributed by atoms with E-state index in [9.17, 15) is 18.8 Å². The molecular weight excluding hydrogens is 349 g/mol. The molecular formula is C12H13BrFN3O4. The molecule has 0 saturated heterocycles. The van der Waals surface area contributed by atoms with Crippen LogP contribution in [-0.4, -0.2) is 29.1 Å². The quantitative estimate of drug-likeness (QED) is 0.612. The molecule has 0 aliphatic carbocycles. The van der Waals surface area contributed by atoms with Crippen molar-refractivity contribution in [2.75, 3.05) is 5.32 Å². The second kappa shape index (κ2) is 7.58. The molecule has 0 bridgehead atoms. The minimum atomic E-state index is -1.29. The highest BCUT2D eigenvalue weighted by atomic mass is 79.9. The molecule has 0 spiro atoms. The van der Waals surface area contributed by atoms with E-state index in [0.717, 1.165) is 6.07 Å². The van der Waals surface area contributed by atoms with Crippen LogP contribution in [0.1, 0.15) is 12.8 Å². The summed E-state index contributed by atoms with van der Waals surface area (Å²) < 4.78 is 13.2. The van der Waals surface area contributed by atoms with E-state index in [4.69, 9.17) is 10.8 Å². The normalized spacial score (nSPS) is 11.5. The summed E-state index contributed by atoms with van der Waals surface area (Å²) in [4.78, 5) is 33.2. The number of rotatable bonds is 6. The first-order chi connectivity index (χ1) is 9.79. The highest BCUT2D eigenvalue weighted by molar-refractivity contribution is 9.10. The molecule has 9 heteroatoms. The first-order valence-electron chi connectivity index (χ1n) is 5.83. The van der Waals surface area contributed by atoms with E-state index in [1.165, 1.54) is 12.1 Å². The summed E-state index contributed by atoms with van der Waals surface area (Å²) in [5.74, 6) is -2.44. The maximum atomic E-state index is 13.0. The molecule has 21 heavy (non-hydrogen) atoms. The van der Waals surface area contributed by atoms with Crippen molar-refractivity contribution in [3.63, 3.8) is 0 Å². The molecule has 1 rings (SSSR count). The van der Waals surface area contributed by atoms with Crippen LogP contribution < -0.4 is 16.4 Å². The van der Waals surface area contributed by atoms with E-state index >= 15 is 0 Å². The smallest absolute Gasteiger partial charge is 0.326 e. The van der Waals surface area contributed by atoms with Crippen molar-refractivity contribution in [1.82, 2.24) is 5.32 Å². The number of urea groups is 1. The highest BCUT2D eigenvalue weighted by Gasteiger charge is 2.20. The van der Waals surface area contributed by atoms with Crippen LogP contribution in [0.4, 0.5) is 14.9 Å². The van der Waals surface area contributed by atoms with Crippen molar-refractivity contribution in [2.24, 2.45) is 5.73 Å². The van der Waals surface area contributed by atoms with Gasteiger partial charge in [-0.15, -0.1) is 0 Å². The predicted octanol–water partition coefficient (Wildman–Crippen LogP) is 1.43. The minimum Gasteiger partial charge on any atom is -0.480 e. The number of nitrogens with one attached hydrogen (secondary N) is 2. The zero-order valence-electron chi connectivity index (χ0n) is 10.7. The van der Waals surface area contributed by atoms with Gasteiger partial charge >= 0.3 is 12.0 Å². The number of benzene rings is 1. The van der Waals surface area contributed by atoms with Crippen LogP contribution in [0.15, 0.2) is 22.7 Å². The van der Waals surface area contributed by atoms with Crippen LogP contribution in [0, 0.1) is 5.82 Å². The number of nitrogens with two attached hydrogens (primary N) is 1. The molecule has 0 aromatic heterocycles. The summed E-state index contributed by atoms with van der Waals surface area (Å²) in [6, 6.07) is 1.75. The number of amides is 3. The zero-order valence-corrected chi connectivity index (χ0v) is 12.3. The molecule has 0 radical (unpaired) electrons. The lowest BCUT2D eigenvalue weighted by Crippen LogP contribution is -2.43. The lowest BCUT2D eigenvalue weighted by Gasteiger charge is -2.14. The van der Waals surface area contributed by atoms with Gasteiger partial charge in [0.15, 0.2) is 0 Å². The number of aliphatic carboxylic acids is 1. The first-order valence-corrected chi connectivity index (χ1v) is 6.62. The van der Waals surface area contributed by atoms with Gasteiger partial charge in [-0.3, -0.25) is 4.79 Å². The van der Waals surface area contributed by atoms with Crippen molar-refractivity contribution < 1.29 is 23.9 Å². The van der Waals surface area contributed by atoms with Crippen molar-refractivity contribution >= 4 is 39.5 Å². The minimum absolute atomic E-state index is 0.120. The molecule has 1 atom stereocenters. The summed E-state index contributed by atoms with van der Waals surface area (Å²) in [5, 5.41) is 13.5. The third-order valence-corrected chi connectivity index (χ3v) is 3.07. The van der Waals surface area contributed by atoms with Gasteiger partial charge in [0.05, 0.1) is 4.47 Å². The molecule has 0 fully saturated rings. The number of hydrogen-bond donors (Lipinski definition) is 4. The molecule has 1 unspecified atom stereocenters. The molecule has 3 amide bonds. The Morgan fingerprint density at radius 2 is 2.05 bits per heavy atom. The number of carbonyl (C=O) groups excluding carboxylic acids is 2. The van der Waals surface area contributed by atoms with Crippen LogP contribution >= 0.6 is 15.9 Å². The topological polar surface area (TPSA) is 122 Å². The Hall–Kier alpha value is -2.16. The molecule has 0 heterocycles. The maximum Gasteiger partial charge on any atom is 0.326 e. The predicted molar refractivity (Wildman–Crippen MR) is 76.1 cm³/mol. The average Bonchev–Trinajstić information content (AvgIpc) is 2.38. The molecule has 7 nitrogen and oxygen atoms in total. The molecule has 1 aromatic rings. The molecule has 114 valence electrons. The van der Waals surface area contributed by atoms with E-state index in [1.54, 1.807) is 0 Å². The van der Waals surface area contributed by atoms with Gasteiger partial charge in [-0.2, -0.15) is 0 Å². The fourth-order valence-corrected chi connectivity index (χ4v) is 1.82. The van der Waals surface area contributed by atoms with Crippen LogP contribution in [0.5, 0.6) is 0 Å². The van der Waals surface area contributed by atoms with Crippen molar-refractivity contribution in [2.45, 2.75) is 18.9 Å². The third-order valence-electron chi connectivity index (χ3n) is 2.46. The van der Waals surface area contributed by atoms with Crippen LogP contribution in [0.3, 0.4) is 0 Å². The fourth-order valence-electron chi connectivity index (χ4n) is 1.44. The van der Waals surface area contributed by atoms with Crippen molar-refractivity contribution in [1.29, 1.82) is 0 Å². The highest BCUT2D eigenvalue weighted by Crippen LogP contribution is 2.19. The summed E-state index contributed by atoms with van der Waals surface area (Å²) in [6.45, 7) is 0. The van der Waals surface area contributed by atoms with E-state index in [1.807, 2.05) is 0 Å². The van der Waals surface area contributed by atoms with Crippen LogP contribution in [-0.2, 0) is 9.59 Å². The zero-order chi connectivity index (χ0) is 16.0. The molecule has 0 aliphatic rings. The van der Waals surface area contributed by atoms with Gasteiger partial charge in [-0.05, 0) is 40.5 Å². The van der Waals surface area contributed by atoms with Gasteiger partial charge in [0, 0.05) is 12.1 Å². The second-order valence-corrected chi connectivity index (χ2v) is 4.98. The Morgan fingerprint density at radius 1 is 1.38 bits per heavy atom. The molecule has 5 N–H and O–H groups in total. The van der Waals surface area contributed by atoms with Crippen molar-refractivity contribution in [3.8, 4) is 0 Å². The summed E-state index contributed by atoms with van der Waals surface area (Å²) in [7, 11) is 0. The molecule has 0 aliphatic heterocycles. The number of halogens is 2. The largest absolute Gasteiger partial charge is 0.480 e. The monoisotopic (exact) mass is 361 g/mol. The SMILES string of the molecule is NC(=O)CCC(NC(=O)Nc1ccc(F)c(Br)c1)C(=O)O. The average molecular weight is 362 g/mol. The van der Waals surface area contributed by atoms with Gasteiger partial charge in [-0.1, -0.05) is 0 Å². The van der Waals surface area contributed by atoms with Crippen molar-refractivity contribution in [3.05, 3.63) is 28.5 Å². The maximum absolute atomic E-state index is 13.0. The summed E-state index contributed by atoms with van der Waals surface area (Å²) in [5.41, 5.74) is 5.20. The van der Waals surface area contributed by atoms with Gasteiger partial charge in [-0.25, -0.2) is 14.0 Å². The van der Waals surface area contributed by atoms with E-state index < -0.39 is 29.8 Å². The van der Waals surface area contributed by atoms with Gasteiger partial charge in [0.25, 0.3) is 0 Å². The van der Waals surface area contributed by atoms with Gasteiger partial charge in [0.1, 0.15) is 11.9 Å². The summed E-state index contributed by atoms with van der Waals surface area (Å²) in [6.07, 6.45) is -0.287. The van der Waals surface area contributed by atoms with E-state index in [0.29, 0.717) is 0 Å². The Labute approximate surface area is 127 Å². The first kappa shape index (κ1) is 16.9. The third kappa shape index (κ3) is 5.78. The Bertz CT molecular complexity index is 567. The fraction of sp³-hybridized carbons (Fsp3) is 0.250. The van der Waals surface area contributed by atoms with E-state index in [2.05, 4.69) is 26.6 Å². The van der Waals surface area contributed by atoms with Gasteiger partial charge < -0.3 is 21.5 Å². The number of carboxylic acid groups (broad SMARTS) is 1. The standard InChI is InChI=1S/C12H13BrFN3O4/c13-7-5-6(1-2-8(7)14)16-12(21)17-9(11(19)20)3-4-10(15)18/h1-2,5,9H,3-4H2,(H2,15,18)(H,19,20)(H2,16,17,21). The Morgan fingerprint density at radius 3 is 2.57 bits per heavy atom.